The topological polar surface area (TPSA) is 49.3 Å². The molecule has 3 rings (SSSR count). The number of hydrogen-bond donors (Lipinski definition) is 0. The molecule has 22 heavy (non-hydrogen) atoms. The monoisotopic (exact) mass is 310 g/mol. The summed E-state index contributed by atoms with van der Waals surface area (Å²) in [5.74, 6) is -0.873. The molecular weight excluding hydrogens is 297 g/mol. The number of hydrogen-bond acceptors (Lipinski definition) is 4. The van der Waals surface area contributed by atoms with Crippen molar-refractivity contribution in [2.45, 2.75) is 6.18 Å². The maximum Gasteiger partial charge on any atom is 0.451 e. The summed E-state index contributed by atoms with van der Waals surface area (Å²) in [6.07, 6.45) is -3.85. The molecule has 116 valence electrons. The number of benzene rings is 1. The lowest BCUT2D eigenvalue weighted by Crippen LogP contribution is -2.46. The lowest BCUT2D eigenvalue weighted by atomic mass is 10.2. The van der Waals surface area contributed by atoms with Crippen LogP contribution < -0.4 is 4.90 Å². The van der Waals surface area contributed by atoms with Crippen molar-refractivity contribution in [1.29, 1.82) is 0 Å². The number of alkyl halides is 3. The summed E-state index contributed by atoms with van der Waals surface area (Å²) in [5, 5.41) is 0.579. The molecule has 2 aromatic rings. The molecule has 1 amide bonds. The predicted molar refractivity (Wildman–Crippen MR) is 74.4 cm³/mol. The zero-order valence-corrected chi connectivity index (χ0v) is 11.5. The average molecular weight is 310 g/mol. The van der Waals surface area contributed by atoms with Gasteiger partial charge in [-0.2, -0.15) is 13.2 Å². The van der Waals surface area contributed by atoms with Crippen LogP contribution in [0.3, 0.4) is 0 Å². The smallest absolute Gasteiger partial charge is 0.352 e. The van der Waals surface area contributed by atoms with E-state index in [1.807, 2.05) is 0 Å². The van der Waals surface area contributed by atoms with Gasteiger partial charge in [-0.15, -0.1) is 0 Å². The van der Waals surface area contributed by atoms with Crippen LogP contribution in [0.4, 0.5) is 19.0 Å². The summed E-state index contributed by atoms with van der Waals surface area (Å²) in [7, 11) is 0. The second-order valence-electron chi connectivity index (χ2n) is 5.01. The SMILES string of the molecule is O=CN1CCN(c2nc(C(F)(F)F)nc3ccccc23)CC1. The molecule has 0 atom stereocenters. The first-order valence-electron chi connectivity index (χ1n) is 6.77. The average Bonchev–Trinajstić information content (AvgIpc) is 2.53. The molecule has 0 radical (unpaired) electrons. The summed E-state index contributed by atoms with van der Waals surface area (Å²) in [4.78, 5) is 21.4. The van der Waals surface area contributed by atoms with E-state index >= 15 is 0 Å². The van der Waals surface area contributed by atoms with Crippen molar-refractivity contribution in [2.24, 2.45) is 0 Å². The Bertz CT molecular complexity index is 696. The van der Waals surface area contributed by atoms with Gasteiger partial charge in [0.1, 0.15) is 5.82 Å². The van der Waals surface area contributed by atoms with Crippen LogP contribution in [-0.4, -0.2) is 47.5 Å². The number of nitrogens with zero attached hydrogens (tertiary/aromatic N) is 4. The minimum atomic E-state index is -4.59. The lowest BCUT2D eigenvalue weighted by molar-refractivity contribution is -0.144. The fourth-order valence-corrected chi connectivity index (χ4v) is 2.47. The van der Waals surface area contributed by atoms with Gasteiger partial charge in [-0.3, -0.25) is 4.79 Å². The van der Waals surface area contributed by atoms with Crippen molar-refractivity contribution < 1.29 is 18.0 Å². The van der Waals surface area contributed by atoms with E-state index in [-0.39, 0.29) is 11.3 Å². The number of aromatic nitrogens is 2. The molecule has 0 bridgehead atoms. The Hall–Kier alpha value is -2.38. The van der Waals surface area contributed by atoms with Crippen molar-refractivity contribution in [2.75, 3.05) is 31.1 Å². The minimum Gasteiger partial charge on any atom is -0.352 e. The van der Waals surface area contributed by atoms with E-state index in [1.54, 1.807) is 28.0 Å². The number of halogens is 3. The van der Waals surface area contributed by atoms with Crippen LogP contribution >= 0.6 is 0 Å². The highest BCUT2D eigenvalue weighted by Gasteiger charge is 2.36. The third kappa shape index (κ3) is 2.68. The van der Waals surface area contributed by atoms with Crippen LogP contribution in [0.1, 0.15) is 5.82 Å². The normalized spacial score (nSPS) is 16.1. The number of para-hydroxylation sites is 1. The molecule has 0 saturated carbocycles. The number of fused-ring (bicyclic) bond motifs is 1. The standard InChI is InChI=1S/C14H13F3N4O/c15-14(16,17)13-18-11-4-2-1-3-10(11)12(19-13)21-7-5-20(9-22)6-8-21/h1-4,9H,5-8H2. The highest BCUT2D eigenvalue weighted by atomic mass is 19.4. The predicted octanol–water partition coefficient (Wildman–Crippen LogP) is 1.93. The fourth-order valence-electron chi connectivity index (χ4n) is 2.47. The zero-order chi connectivity index (χ0) is 15.7. The Kier molecular flexibility index (Phi) is 3.59. The maximum atomic E-state index is 13.0. The van der Waals surface area contributed by atoms with E-state index in [2.05, 4.69) is 9.97 Å². The van der Waals surface area contributed by atoms with Gasteiger partial charge < -0.3 is 9.80 Å². The van der Waals surface area contributed by atoms with Crippen molar-refractivity contribution in [3.63, 3.8) is 0 Å². The van der Waals surface area contributed by atoms with E-state index in [0.29, 0.717) is 31.6 Å². The largest absolute Gasteiger partial charge is 0.451 e. The van der Waals surface area contributed by atoms with E-state index in [4.69, 9.17) is 0 Å². The molecule has 2 heterocycles. The molecule has 0 spiro atoms. The number of piperazine rings is 1. The van der Waals surface area contributed by atoms with Crippen molar-refractivity contribution >= 4 is 23.1 Å². The Morgan fingerprint density at radius 2 is 1.73 bits per heavy atom. The molecule has 1 saturated heterocycles. The van der Waals surface area contributed by atoms with Crippen LogP contribution in [0.15, 0.2) is 24.3 Å². The zero-order valence-electron chi connectivity index (χ0n) is 11.5. The summed E-state index contributed by atoms with van der Waals surface area (Å²) in [6, 6.07) is 6.63. The van der Waals surface area contributed by atoms with Gasteiger partial charge >= 0.3 is 6.18 Å². The van der Waals surface area contributed by atoms with E-state index in [9.17, 15) is 18.0 Å². The van der Waals surface area contributed by atoms with Crippen LogP contribution in [0.25, 0.3) is 10.9 Å². The second kappa shape index (κ2) is 5.43. The molecule has 8 heteroatoms. The van der Waals surface area contributed by atoms with Crippen molar-refractivity contribution in [1.82, 2.24) is 14.9 Å². The number of rotatable bonds is 2. The van der Waals surface area contributed by atoms with Crippen molar-refractivity contribution in [3.8, 4) is 0 Å². The van der Waals surface area contributed by atoms with Crippen LogP contribution in [0, 0.1) is 0 Å². The third-order valence-corrected chi connectivity index (χ3v) is 3.60. The molecule has 1 aliphatic heterocycles. The number of anilines is 1. The highest BCUT2D eigenvalue weighted by molar-refractivity contribution is 5.89. The number of carbonyl (C=O) groups is 1. The first-order valence-corrected chi connectivity index (χ1v) is 6.77. The molecule has 5 nitrogen and oxygen atoms in total. The third-order valence-electron chi connectivity index (χ3n) is 3.60. The molecule has 1 aliphatic rings. The van der Waals surface area contributed by atoms with Gasteiger partial charge in [-0.1, -0.05) is 12.1 Å². The van der Waals surface area contributed by atoms with E-state index < -0.39 is 12.0 Å². The van der Waals surface area contributed by atoms with E-state index in [0.717, 1.165) is 6.41 Å². The fraction of sp³-hybridized carbons (Fsp3) is 0.357. The van der Waals surface area contributed by atoms with Gasteiger partial charge in [0, 0.05) is 31.6 Å². The Morgan fingerprint density at radius 1 is 1.05 bits per heavy atom. The molecular formula is C14H13F3N4O. The van der Waals surface area contributed by atoms with Crippen LogP contribution in [-0.2, 0) is 11.0 Å². The highest BCUT2D eigenvalue weighted by Crippen LogP contribution is 2.31. The van der Waals surface area contributed by atoms with Gasteiger partial charge in [0.25, 0.3) is 0 Å². The molecule has 0 N–H and O–H groups in total. The first kappa shape index (κ1) is 14.6. The Morgan fingerprint density at radius 3 is 2.36 bits per heavy atom. The summed E-state index contributed by atoms with van der Waals surface area (Å²) in [5.41, 5.74) is 0.262. The molecule has 1 aromatic carbocycles. The summed E-state index contributed by atoms with van der Waals surface area (Å²) < 4.78 is 38.9. The van der Waals surface area contributed by atoms with Gasteiger partial charge in [0.2, 0.25) is 12.2 Å². The van der Waals surface area contributed by atoms with Gasteiger partial charge in [0.15, 0.2) is 0 Å². The minimum absolute atomic E-state index is 0.262. The molecule has 0 unspecified atom stereocenters. The molecule has 0 aliphatic carbocycles. The Balaban J connectivity index is 2.05. The Labute approximate surface area is 124 Å². The van der Waals surface area contributed by atoms with Gasteiger partial charge in [-0.25, -0.2) is 9.97 Å². The maximum absolute atomic E-state index is 13.0. The molecule has 1 fully saturated rings. The molecule has 1 aromatic heterocycles. The first-order chi connectivity index (χ1) is 10.5. The van der Waals surface area contributed by atoms with E-state index in [1.165, 1.54) is 6.07 Å². The van der Waals surface area contributed by atoms with Gasteiger partial charge in [0.05, 0.1) is 5.52 Å². The quantitative estimate of drug-likeness (QED) is 0.795. The van der Waals surface area contributed by atoms with Gasteiger partial charge in [-0.05, 0) is 12.1 Å². The van der Waals surface area contributed by atoms with Crippen LogP contribution in [0.5, 0.6) is 0 Å². The number of amides is 1. The summed E-state index contributed by atoms with van der Waals surface area (Å²) >= 11 is 0. The van der Waals surface area contributed by atoms with Crippen molar-refractivity contribution in [3.05, 3.63) is 30.1 Å². The lowest BCUT2D eigenvalue weighted by Gasteiger charge is -2.34. The summed E-state index contributed by atoms with van der Waals surface area (Å²) in [6.45, 7) is 1.81. The van der Waals surface area contributed by atoms with Crippen LogP contribution in [0.2, 0.25) is 0 Å². The number of carbonyl (C=O) groups excluding carboxylic acids is 1. The second-order valence-corrected chi connectivity index (χ2v) is 5.01.